The molecule has 28 heavy (non-hydrogen) atoms. The average molecular weight is 508 g/mol. The molecule has 5 heteroatoms. The highest BCUT2D eigenvalue weighted by Crippen LogP contribution is 2.32. The predicted octanol–water partition coefficient (Wildman–Crippen LogP) is 7.26. The number of carbonyl (C=O) groups is 1. The third-order valence-electron chi connectivity index (χ3n) is 4.64. The topological polar surface area (TPSA) is 43.1 Å². The zero-order chi connectivity index (χ0) is 20.1. The van der Waals surface area contributed by atoms with E-state index in [-0.39, 0.29) is 11.7 Å². The van der Waals surface area contributed by atoms with Crippen LogP contribution in [-0.2, 0) is 10.8 Å². The van der Waals surface area contributed by atoms with Gasteiger partial charge in [-0.3, -0.25) is 4.79 Å². The molecule has 0 amide bonds. The normalized spacial score (nSPS) is 11.2. The number of aryl methyl sites for hydroxylation is 1. The second-order valence-electron chi connectivity index (χ2n) is 7.03. The number of alkyl halides is 1. The van der Waals surface area contributed by atoms with Gasteiger partial charge in [0.2, 0.25) is 5.89 Å². The van der Waals surface area contributed by atoms with E-state index >= 15 is 0 Å². The van der Waals surface area contributed by atoms with Crippen LogP contribution >= 0.6 is 34.2 Å². The van der Waals surface area contributed by atoms with Gasteiger partial charge in [0.15, 0.2) is 5.78 Å². The van der Waals surface area contributed by atoms with Crippen molar-refractivity contribution in [1.82, 2.24) is 4.98 Å². The second kappa shape index (κ2) is 9.70. The Morgan fingerprint density at radius 1 is 1.14 bits per heavy atom. The number of hydrogen-bond acceptors (Lipinski definition) is 3. The van der Waals surface area contributed by atoms with E-state index in [1.165, 1.54) is 0 Å². The SMILES string of the molecule is CC(C)c1oc(-c2ccccc2Cl)nc1CCCC(=O)c1ccccc1CI. The standard InChI is InChI=1S/C23H23ClINO2/c1-15(2)22-20(26-23(28-22)18-10-5-6-11-19(18)24)12-7-13-21(27)17-9-4-3-8-16(17)14-25/h3-6,8-11,15H,7,12-14H2,1-2H3. The lowest BCUT2D eigenvalue weighted by molar-refractivity contribution is 0.0979. The van der Waals surface area contributed by atoms with Crippen molar-refractivity contribution in [2.75, 3.05) is 0 Å². The van der Waals surface area contributed by atoms with Crippen molar-refractivity contribution in [2.45, 2.75) is 43.5 Å². The van der Waals surface area contributed by atoms with Gasteiger partial charge in [0.25, 0.3) is 0 Å². The first-order valence-corrected chi connectivity index (χ1v) is 11.3. The Balaban J connectivity index is 1.74. The van der Waals surface area contributed by atoms with Crippen molar-refractivity contribution in [2.24, 2.45) is 0 Å². The first-order chi connectivity index (χ1) is 13.5. The van der Waals surface area contributed by atoms with E-state index in [2.05, 4.69) is 36.4 Å². The monoisotopic (exact) mass is 507 g/mol. The minimum Gasteiger partial charge on any atom is -0.441 e. The van der Waals surface area contributed by atoms with Gasteiger partial charge in [-0.1, -0.05) is 84.4 Å². The van der Waals surface area contributed by atoms with Crippen LogP contribution in [0.3, 0.4) is 0 Å². The summed E-state index contributed by atoms with van der Waals surface area (Å²) in [7, 11) is 0. The fourth-order valence-electron chi connectivity index (χ4n) is 3.20. The van der Waals surface area contributed by atoms with Gasteiger partial charge in [-0.2, -0.15) is 0 Å². The molecule has 0 atom stereocenters. The van der Waals surface area contributed by atoms with Crippen molar-refractivity contribution in [3.05, 3.63) is 76.1 Å². The Kier molecular flexibility index (Phi) is 7.30. The summed E-state index contributed by atoms with van der Waals surface area (Å²) in [5, 5.41) is 0.621. The first-order valence-electron chi connectivity index (χ1n) is 9.42. The van der Waals surface area contributed by atoms with E-state index < -0.39 is 0 Å². The van der Waals surface area contributed by atoms with Crippen LogP contribution in [0.2, 0.25) is 5.02 Å². The molecular formula is C23H23ClINO2. The van der Waals surface area contributed by atoms with Crippen LogP contribution in [-0.4, -0.2) is 10.8 Å². The Morgan fingerprint density at radius 2 is 1.86 bits per heavy atom. The van der Waals surface area contributed by atoms with Gasteiger partial charge in [-0.25, -0.2) is 4.98 Å². The molecule has 3 nitrogen and oxygen atoms in total. The lowest BCUT2D eigenvalue weighted by atomic mass is 9.99. The summed E-state index contributed by atoms with van der Waals surface area (Å²) in [6.45, 7) is 4.17. The lowest BCUT2D eigenvalue weighted by Gasteiger charge is -2.06. The number of Topliss-reactive ketones (excluding diaryl/α,β-unsaturated/α-hetero) is 1. The Hall–Kier alpha value is -1.66. The summed E-state index contributed by atoms with van der Waals surface area (Å²) in [6, 6.07) is 15.4. The summed E-state index contributed by atoms with van der Waals surface area (Å²) in [4.78, 5) is 17.3. The lowest BCUT2D eigenvalue weighted by Crippen LogP contribution is -2.04. The quantitative estimate of drug-likeness (QED) is 0.183. The number of oxazole rings is 1. The summed E-state index contributed by atoms with van der Waals surface area (Å²) in [6.07, 6.45) is 1.95. The van der Waals surface area contributed by atoms with Crippen molar-refractivity contribution in [1.29, 1.82) is 0 Å². The molecule has 0 aliphatic carbocycles. The van der Waals surface area contributed by atoms with E-state index in [4.69, 9.17) is 21.0 Å². The van der Waals surface area contributed by atoms with Crippen molar-refractivity contribution < 1.29 is 9.21 Å². The molecule has 146 valence electrons. The maximum atomic E-state index is 12.6. The maximum absolute atomic E-state index is 12.6. The zero-order valence-electron chi connectivity index (χ0n) is 16.0. The molecule has 0 bridgehead atoms. The fourth-order valence-corrected chi connectivity index (χ4v) is 4.09. The predicted molar refractivity (Wildman–Crippen MR) is 122 cm³/mol. The Labute approximate surface area is 184 Å². The van der Waals surface area contributed by atoms with Crippen LogP contribution < -0.4 is 0 Å². The number of carbonyl (C=O) groups excluding carboxylic acids is 1. The number of ketones is 1. The number of nitrogens with zero attached hydrogens (tertiary/aromatic N) is 1. The third-order valence-corrected chi connectivity index (χ3v) is 5.79. The molecule has 0 aliphatic rings. The van der Waals surface area contributed by atoms with Gasteiger partial charge in [0.05, 0.1) is 16.3 Å². The van der Waals surface area contributed by atoms with Crippen molar-refractivity contribution in [3.8, 4) is 11.5 Å². The van der Waals surface area contributed by atoms with Crippen LogP contribution in [0.15, 0.2) is 52.9 Å². The van der Waals surface area contributed by atoms with Crippen LogP contribution in [0.4, 0.5) is 0 Å². The van der Waals surface area contributed by atoms with E-state index in [0.29, 0.717) is 23.8 Å². The summed E-state index contributed by atoms with van der Waals surface area (Å²) in [5.74, 6) is 1.82. The first kappa shape index (κ1) is 21.1. The van der Waals surface area contributed by atoms with Gasteiger partial charge in [-0.05, 0) is 30.5 Å². The minimum atomic E-state index is 0.188. The van der Waals surface area contributed by atoms with E-state index in [1.807, 2.05) is 48.5 Å². The van der Waals surface area contributed by atoms with Gasteiger partial charge >= 0.3 is 0 Å². The highest BCUT2D eigenvalue weighted by atomic mass is 127. The minimum absolute atomic E-state index is 0.188. The molecule has 3 rings (SSSR count). The van der Waals surface area contributed by atoms with Crippen LogP contribution in [0.5, 0.6) is 0 Å². The number of rotatable bonds is 8. The van der Waals surface area contributed by atoms with Gasteiger partial charge in [0, 0.05) is 22.3 Å². The van der Waals surface area contributed by atoms with Gasteiger partial charge in [0.1, 0.15) is 5.76 Å². The summed E-state index contributed by atoms with van der Waals surface area (Å²) >= 11 is 8.59. The molecule has 0 aliphatic heterocycles. The number of halogens is 2. The van der Waals surface area contributed by atoms with Crippen molar-refractivity contribution >= 4 is 40.0 Å². The Bertz CT molecular complexity index is 965. The third kappa shape index (κ3) is 4.84. The van der Waals surface area contributed by atoms with Crippen LogP contribution in [0.1, 0.15) is 60.0 Å². The van der Waals surface area contributed by atoms with E-state index in [9.17, 15) is 4.79 Å². The molecule has 3 aromatic rings. The molecule has 1 aromatic heterocycles. The highest BCUT2D eigenvalue weighted by molar-refractivity contribution is 14.1. The zero-order valence-corrected chi connectivity index (χ0v) is 19.0. The van der Waals surface area contributed by atoms with Gasteiger partial charge < -0.3 is 4.42 Å². The molecular weight excluding hydrogens is 485 g/mol. The molecule has 0 N–H and O–H groups in total. The Morgan fingerprint density at radius 3 is 2.57 bits per heavy atom. The molecule has 0 saturated heterocycles. The number of hydrogen-bond donors (Lipinski definition) is 0. The maximum Gasteiger partial charge on any atom is 0.228 e. The van der Waals surface area contributed by atoms with Crippen LogP contribution in [0, 0.1) is 0 Å². The van der Waals surface area contributed by atoms with Crippen LogP contribution in [0.25, 0.3) is 11.5 Å². The fraction of sp³-hybridized carbons (Fsp3) is 0.304. The average Bonchev–Trinajstić information content (AvgIpc) is 3.12. The number of aromatic nitrogens is 1. The van der Waals surface area contributed by atoms with E-state index in [1.54, 1.807) is 0 Å². The summed E-state index contributed by atoms with van der Waals surface area (Å²) in [5.41, 5.74) is 3.64. The smallest absolute Gasteiger partial charge is 0.228 e. The molecule has 0 saturated carbocycles. The summed E-state index contributed by atoms with van der Waals surface area (Å²) < 4.78 is 6.88. The molecule has 0 spiro atoms. The van der Waals surface area contributed by atoms with E-state index in [0.717, 1.165) is 39.0 Å². The molecule has 1 heterocycles. The molecule has 0 unspecified atom stereocenters. The van der Waals surface area contributed by atoms with Crippen molar-refractivity contribution in [3.63, 3.8) is 0 Å². The molecule has 0 radical (unpaired) electrons. The second-order valence-corrected chi connectivity index (χ2v) is 8.20. The molecule has 0 fully saturated rings. The highest BCUT2D eigenvalue weighted by Gasteiger charge is 2.19. The largest absolute Gasteiger partial charge is 0.441 e. The molecule has 2 aromatic carbocycles. The number of benzene rings is 2. The van der Waals surface area contributed by atoms with Gasteiger partial charge in [-0.15, -0.1) is 0 Å².